The number of hydrogen-bond acceptors (Lipinski definition) is 3. The number of aryl methyl sites for hydroxylation is 3. The Bertz CT molecular complexity index is 550. The Kier molecular flexibility index (Phi) is 5.57. The molecule has 1 heterocycles. The van der Waals surface area contributed by atoms with E-state index in [1.165, 1.54) is 27.1 Å². The van der Waals surface area contributed by atoms with Crippen molar-refractivity contribution in [1.29, 1.82) is 0 Å². The largest absolute Gasteiger partial charge is 0.311 e. The molecule has 0 bridgehead atoms. The summed E-state index contributed by atoms with van der Waals surface area (Å²) in [5, 5.41) is 5.79. The van der Waals surface area contributed by atoms with Crippen LogP contribution in [0.3, 0.4) is 0 Å². The van der Waals surface area contributed by atoms with Gasteiger partial charge in [-0.2, -0.15) is 0 Å². The van der Waals surface area contributed by atoms with Crippen LogP contribution in [0.25, 0.3) is 0 Å². The summed E-state index contributed by atoms with van der Waals surface area (Å²) in [7, 11) is 4.29. The van der Waals surface area contributed by atoms with Crippen LogP contribution in [-0.2, 0) is 6.54 Å². The molecule has 114 valence electrons. The third-order valence-corrected chi connectivity index (χ3v) is 4.95. The molecule has 0 spiro atoms. The number of thiophene rings is 1. The Hall–Kier alpha value is -1.16. The molecule has 2 nitrogen and oxygen atoms in total. The molecule has 0 radical (unpaired) electrons. The van der Waals surface area contributed by atoms with Gasteiger partial charge in [0.25, 0.3) is 0 Å². The number of nitrogens with zero attached hydrogens (tertiary/aromatic N) is 1. The highest BCUT2D eigenvalue weighted by Crippen LogP contribution is 2.23. The van der Waals surface area contributed by atoms with E-state index >= 15 is 0 Å². The standard InChI is InChI=1S/C18H26N2S/c1-13-9-14(2)16(15(3)10-13)11-19-12-17(20(4)5)18-7-6-8-21-18/h6-10,17,19H,11-12H2,1-5H3. The average Bonchev–Trinajstić information content (AvgIpc) is 2.89. The number of benzene rings is 1. The molecule has 0 saturated carbocycles. The molecule has 1 unspecified atom stereocenters. The summed E-state index contributed by atoms with van der Waals surface area (Å²) < 4.78 is 0. The van der Waals surface area contributed by atoms with Crippen LogP contribution >= 0.6 is 11.3 Å². The van der Waals surface area contributed by atoms with Gasteiger partial charge in [-0.1, -0.05) is 23.8 Å². The lowest BCUT2D eigenvalue weighted by molar-refractivity contribution is 0.292. The lowest BCUT2D eigenvalue weighted by Gasteiger charge is -2.24. The second-order valence-corrected chi connectivity index (χ2v) is 6.98. The smallest absolute Gasteiger partial charge is 0.0561 e. The Morgan fingerprint density at radius 1 is 1.14 bits per heavy atom. The van der Waals surface area contributed by atoms with Crippen molar-refractivity contribution < 1.29 is 0 Å². The number of hydrogen-bond donors (Lipinski definition) is 1. The van der Waals surface area contributed by atoms with E-state index in [1.807, 2.05) is 11.3 Å². The molecule has 0 aliphatic carbocycles. The summed E-state index contributed by atoms with van der Waals surface area (Å²) in [4.78, 5) is 3.71. The van der Waals surface area contributed by atoms with Crippen LogP contribution in [0.4, 0.5) is 0 Å². The van der Waals surface area contributed by atoms with Crippen LogP contribution in [0.15, 0.2) is 29.6 Å². The Morgan fingerprint density at radius 3 is 2.33 bits per heavy atom. The third kappa shape index (κ3) is 4.16. The van der Waals surface area contributed by atoms with Gasteiger partial charge in [0.15, 0.2) is 0 Å². The zero-order valence-corrected chi connectivity index (χ0v) is 14.6. The Morgan fingerprint density at radius 2 is 1.81 bits per heavy atom. The predicted molar refractivity (Wildman–Crippen MR) is 93.1 cm³/mol. The first-order valence-electron chi connectivity index (χ1n) is 7.46. The highest BCUT2D eigenvalue weighted by molar-refractivity contribution is 7.10. The van der Waals surface area contributed by atoms with Gasteiger partial charge in [-0.05, 0) is 63.0 Å². The quantitative estimate of drug-likeness (QED) is 0.865. The van der Waals surface area contributed by atoms with E-state index in [0.717, 1.165) is 13.1 Å². The van der Waals surface area contributed by atoms with E-state index in [2.05, 4.69) is 74.7 Å². The van der Waals surface area contributed by atoms with E-state index in [-0.39, 0.29) is 0 Å². The molecule has 0 amide bonds. The minimum atomic E-state index is 0.441. The molecule has 2 aromatic rings. The van der Waals surface area contributed by atoms with Gasteiger partial charge in [0.2, 0.25) is 0 Å². The summed E-state index contributed by atoms with van der Waals surface area (Å²) in [5.41, 5.74) is 5.55. The second kappa shape index (κ2) is 7.21. The van der Waals surface area contributed by atoms with Gasteiger partial charge >= 0.3 is 0 Å². The van der Waals surface area contributed by atoms with Crippen LogP contribution in [0.1, 0.15) is 33.2 Å². The predicted octanol–water partition coefficient (Wildman–Crippen LogP) is 4.07. The van der Waals surface area contributed by atoms with Gasteiger partial charge in [-0.25, -0.2) is 0 Å². The fourth-order valence-corrected chi connectivity index (χ4v) is 3.76. The molecular formula is C18H26N2S. The Labute approximate surface area is 132 Å². The van der Waals surface area contributed by atoms with Crippen molar-refractivity contribution >= 4 is 11.3 Å². The van der Waals surface area contributed by atoms with Gasteiger partial charge in [0.1, 0.15) is 0 Å². The van der Waals surface area contributed by atoms with Crippen molar-refractivity contribution in [3.05, 3.63) is 56.8 Å². The Balaban J connectivity index is 2.00. The first-order chi connectivity index (χ1) is 9.99. The van der Waals surface area contributed by atoms with E-state index in [9.17, 15) is 0 Å². The number of rotatable bonds is 6. The summed E-state index contributed by atoms with van der Waals surface area (Å²) >= 11 is 1.83. The monoisotopic (exact) mass is 302 g/mol. The van der Waals surface area contributed by atoms with Crippen LogP contribution in [0.5, 0.6) is 0 Å². The lowest BCUT2D eigenvalue weighted by atomic mass is 10.00. The maximum Gasteiger partial charge on any atom is 0.0561 e. The fraction of sp³-hybridized carbons (Fsp3) is 0.444. The average molecular weight is 302 g/mol. The van der Waals surface area contributed by atoms with Gasteiger partial charge in [0.05, 0.1) is 6.04 Å². The maximum absolute atomic E-state index is 3.64. The van der Waals surface area contributed by atoms with E-state index in [1.54, 1.807) is 0 Å². The summed E-state index contributed by atoms with van der Waals surface area (Å²) in [5.74, 6) is 0. The number of nitrogens with one attached hydrogen (secondary N) is 1. The van der Waals surface area contributed by atoms with Crippen molar-refractivity contribution in [2.24, 2.45) is 0 Å². The zero-order valence-electron chi connectivity index (χ0n) is 13.7. The third-order valence-electron chi connectivity index (χ3n) is 3.97. The fourth-order valence-electron chi connectivity index (χ4n) is 2.84. The van der Waals surface area contributed by atoms with Crippen LogP contribution < -0.4 is 5.32 Å². The zero-order chi connectivity index (χ0) is 15.4. The van der Waals surface area contributed by atoms with E-state index in [0.29, 0.717) is 6.04 Å². The SMILES string of the molecule is Cc1cc(C)c(CNCC(c2cccs2)N(C)C)c(C)c1. The molecule has 0 saturated heterocycles. The summed E-state index contributed by atoms with van der Waals surface area (Å²) in [6.45, 7) is 8.49. The maximum atomic E-state index is 3.64. The van der Waals surface area contributed by atoms with Crippen molar-refractivity contribution in [2.75, 3.05) is 20.6 Å². The highest BCUT2D eigenvalue weighted by Gasteiger charge is 2.14. The lowest BCUT2D eigenvalue weighted by Crippen LogP contribution is -2.30. The highest BCUT2D eigenvalue weighted by atomic mass is 32.1. The van der Waals surface area contributed by atoms with Crippen LogP contribution in [-0.4, -0.2) is 25.5 Å². The molecule has 1 aromatic heterocycles. The second-order valence-electron chi connectivity index (χ2n) is 6.00. The van der Waals surface area contributed by atoms with Gasteiger partial charge in [-0.3, -0.25) is 0 Å². The molecular weight excluding hydrogens is 276 g/mol. The van der Waals surface area contributed by atoms with Gasteiger partial charge < -0.3 is 10.2 Å². The van der Waals surface area contributed by atoms with E-state index < -0.39 is 0 Å². The molecule has 1 N–H and O–H groups in total. The van der Waals surface area contributed by atoms with Crippen LogP contribution in [0.2, 0.25) is 0 Å². The molecule has 2 rings (SSSR count). The van der Waals surface area contributed by atoms with Crippen molar-refractivity contribution in [3.63, 3.8) is 0 Å². The summed E-state index contributed by atoms with van der Waals surface area (Å²) in [6, 6.07) is 9.33. The molecule has 0 aliphatic rings. The summed E-state index contributed by atoms with van der Waals surface area (Å²) in [6.07, 6.45) is 0. The molecule has 1 aromatic carbocycles. The molecule has 0 aliphatic heterocycles. The van der Waals surface area contributed by atoms with Crippen molar-refractivity contribution in [3.8, 4) is 0 Å². The van der Waals surface area contributed by atoms with Gasteiger partial charge in [-0.15, -0.1) is 11.3 Å². The molecule has 3 heteroatoms. The molecule has 21 heavy (non-hydrogen) atoms. The topological polar surface area (TPSA) is 15.3 Å². The number of likely N-dealkylation sites (N-methyl/N-ethyl adjacent to an activating group) is 1. The van der Waals surface area contributed by atoms with Crippen LogP contribution in [0, 0.1) is 20.8 Å². The van der Waals surface area contributed by atoms with Gasteiger partial charge in [0, 0.05) is 18.0 Å². The first kappa shape index (κ1) is 16.2. The normalized spacial score (nSPS) is 12.9. The first-order valence-corrected chi connectivity index (χ1v) is 8.34. The molecule has 1 atom stereocenters. The minimum Gasteiger partial charge on any atom is -0.311 e. The molecule has 0 fully saturated rings. The van der Waals surface area contributed by atoms with Crippen molar-refractivity contribution in [1.82, 2.24) is 10.2 Å². The van der Waals surface area contributed by atoms with Crippen molar-refractivity contribution in [2.45, 2.75) is 33.4 Å². The van der Waals surface area contributed by atoms with E-state index in [4.69, 9.17) is 0 Å². The minimum absolute atomic E-state index is 0.441.